The lowest BCUT2D eigenvalue weighted by Gasteiger charge is -2.22. The van der Waals surface area contributed by atoms with E-state index in [9.17, 15) is 4.79 Å². The van der Waals surface area contributed by atoms with E-state index in [-0.39, 0.29) is 0 Å². The van der Waals surface area contributed by atoms with E-state index in [1.54, 1.807) is 6.07 Å². The lowest BCUT2D eigenvalue weighted by Crippen LogP contribution is -2.24. The van der Waals surface area contributed by atoms with Crippen molar-refractivity contribution in [2.75, 3.05) is 18.0 Å². The molecule has 0 aliphatic carbocycles. The SMILES string of the molecule is O=C=Nc1ccc(N2CCCCCC2)c2nonc12. The summed E-state index contributed by atoms with van der Waals surface area (Å²) in [5.74, 6) is 0. The van der Waals surface area contributed by atoms with Gasteiger partial charge < -0.3 is 4.90 Å². The molecule has 6 heteroatoms. The molecule has 6 nitrogen and oxygen atoms in total. The third-order valence-electron chi connectivity index (χ3n) is 3.49. The Morgan fingerprint density at radius 3 is 2.58 bits per heavy atom. The maximum atomic E-state index is 10.4. The van der Waals surface area contributed by atoms with Crippen LogP contribution in [0.1, 0.15) is 25.7 Å². The van der Waals surface area contributed by atoms with Gasteiger partial charge in [-0.1, -0.05) is 12.8 Å². The number of isocyanates is 1. The monoisotopic (exact) mass is 258 g/mol. The van der Waals surface area contributed by atoms with Crippen LogP contribution in [0.5, 0.6) is 0 Å². The number of fused-ring (bicyclic) bond motifs is 1. The van der Waals surface area contributed by atoms with Gasteiger partial charge in [-0.25, -0.2) is 9.42 Å². The van der Waals surface area contributed by atoms with Crippen molar-refractivity contribution in [3.8, 4) is 0 Å². The second kappa shape index (κ2) is 5.20. The van der Waals surface area contributed by atoms with Crippen molar-refractivity contribution in [3.63, 3.8) is 0 Å². The molecule has 1 fully saturated rings. The Bertz CT molecular complexity index is 623. The third-order valence-corrected chi connectivity index (χ3v) is 3.49. The molecule has 0 atom stereocenters. The minimum Gasteiger partial charge on any atom is -0.370 e. The molecular weight excluding hydrogens is 244 g/mol. The van der Waals surface area contributed by atoms with Crippen LogP contribution >= 0.6 is 0 Å². The number of hydrogen-bond donors (Lipinski definition) is 0. The van der Waals surface area contributed by atoms with Gasteiger partial charge in [0.1, 0.15) is 5.69 Å². The Morgan fingerprint density at radius 1 is 1.11 bits per heavy atom. The molecule has 0 bridgehead atoms. The Labute approximate surface area is 110 Å². The molecule has 1 saturated heterocycles. The molecule has 0 unspecified atom stereocenters. The largest absolute Gasteiger partial charge is 0.370 e. The molecule has 1 aromatic heterocycles. The quantitative estimate of drug-likeness (QED) is 0.611. The number of carbonyl (C=O) groups excluding carboxylic acids is 1. The summed E-state index contributed by atoms with van der Waals surface area (Å²) < 4.78 is 4.80. The molecule has 1 aliphatic rings. The molecule has 1 aromatic carbocycles. The van der Waals surface area contributed by atoms with Crippen molar-refractivity contribution in [2.24, 2.45) is 4.99 Å². The van der Waals surface area contributed by atoms with Crippen molar-refractivity contribution in [1.82, 2.24) is 10.3 Å². The predicted octanol–water partition coefficient (Wildman–Crippen LogP) is 2.57. The van der Waals surface area contributed by atoms with Gasteiger partial charge >= 0.3 is 0 Å². The second-order valence-electron chi connectivity index (χ2n) is 4.67. The molecule has 0 amide bonds. The molecular formula is C13H14N4O2. The number of aromatic nitrogens is 2. The number of benzene rings is 1. The molecule has 0 spiro atoms. The normalized spacial score (nSPS) is 16.1. The van der Waals surface area contributed by atoms with Gasteiger partial charge in [-0.3, -0.25) is 0 Å². The first-order valence-corrected chi connectivity index (χ1v) is 6.48. The predicted molar refractivity (Wildman–Crippen MR) is 70.3 cm³/mol. The average molecular weight is 258 g/mol. The van der Waals surface area contributed by atoms with Crippen LogP contribution in [0.2, 0.25) is 0 Å². The van der Waals surface area contributed by atoms with E-state index < -0.39 is 0 Å². The first-order chi connectivity index (χ1) is 9.40. The second-order valence-corrected chi connectivity index (χ2v) is 4.67. The van der Waals surface area contributed by atoms with E-state index in [0.717, 1.165) is 18.8 Å². The summed E-state index contributed by atoms with van der Waals surface area (Å²) in [6.07, 6.45) is 6.43. The highest BCUT2D eigenvalue weighted by atomic mass is 16.6. The zero-order valence-electron chi connectivity index (χ0n) is 10.5. The first-order valence-electron chi connectivity index (χ1n) is 6.48. The molecule has 19 heavy (non-hydrogen) atoms. The summed E-state index contributed by atoms with van der Waals surface area (Å²) >= 11 is 0. The Hall–Kier alpha value is -2.20. The van der Waals surface area contributed by atoms with Gasteiger partial charge in [-0.05, 0) is 35.3 Å². The van der Waals surface area contributed by atoms with Crippen molar-refractivity contribution in [2.45, 2.75) is 25.7 Å². The number of aliphatic imine (C=N–C) groups is 1. The molecule has 0 radical (unpaired) electrons. The van der Waals surface area contributed by atoms with Crippen molar-refractivity contribution in [1.29, 1.82) is 0 Å². The van der Waals surface area contributed by atoms with Crippen LogP contribution in [0.25, 0.3) is 11.0 Å². The van der Waals surface area contributed by atoms with Gasteiger partial charge in [0.25, 0.3) is 0 Å². The number of anilines is 1. The molecule has 98 valence electrons. The minimum absolute atomic E-state index is 0.449. The smallest absolute Gasteiger partial charge is 0.240 e. The van der Waals surface area contributed by atoms with Crippen LogP contribution in [0.15, 0.2) is 21.8 Å². The molecule has 2 heterocycles. The molecule has 1 aliphatic heterocycles. The lowest BCUT2D eigenvalue weighted by atomic mass is 10.2. The Morgan fingerprint density at radius 2 is 1.84 bits per heavy atom. The maximum Gasteiger partial charge on any atom is 0.240 e. The molecule has 2 aromatic rings. The topological polar surface area (TPSA) is 71.6 Å². The van der Waals surface area contributed by atoms with Gasteiger partial charge in [-0.15, -0.1) is 0 Å². The highest BCUT2D eigenvalue weighted by Gasteiger charge is 2.17. The fourth-order valence-electron chi connectivity index (χ4n) is 2.55. The van der Waals surface area contributed by atoms with Gasteiger partial charge in [0.2, 0.25) is 6.08 Å². The molecule has 0 N–H and O–H groups in total. The van der Waals surface area contributed by atoms with E-state index in [1.165, 1.54) is 31.8 Å². The van der Waals surface area contributed by atoms with Crippen molar-refractivity contribution >= 4 is 28.5 Å². The highest BCUT2D eigenvalue weighted by molar-refractivity contribution is 5.95. The van der Waals surface area contributed by atoms with Crippen LogP contribution in [0.3, 0.4) is 0 Å². The molecule has 3 rings (SSSR count). The number of nitrogens with zero attached hydrogens (tertiary/aromatic N) is 4. The van der Waals surface area contributed by atoms with Gasteiger partial charge in [-0.2, -0.15) is 4.99 Å². The van der Waals surface area contributed by atoms with Gasteiger partial charge in [0.05, 0.1) is 5.69 Å². The zero-order chi connectivity index (χ0) is 13.1. The maximum absolute atomic E-state index is 10.4. The standard InChI is InChI=1S/C13H14N4O2/c18-9-14-10-5-6-11(13-12(10)15-19-16-13)17-7-3-1-2-4-8-17/h5-6H,1-4,7-8H2. The van der Waals surface area contributed by atoms with E-state index in [2.05, 4.69) is 20.2 Å². The Kier molecular flexibility index (Phi) is 3.25. The van der Waals surface area contributed by atoms with E-state index in [1.807, 2.05) is 6.07 Å². The van der Waals surface area contributed by atoms with Crippen molar-refractivity contribution < 1.29 is 9.42 Å². The third kappa shape index (κ3) is 2.22. The van der Waals surface area contributed by atoms with Crippen LogP contribution in [-0.4, -0.2) is 29.5 Å². The van der Waals surface area contributed by atoms with Crippen LogP contribution in [-0.2, 0) is 4.79 Å². The highest BCUT2D eigenvalue weighted by Crippen LogP contribution is 2.32. The lowest BCUT2D eigenvalue weighted by molar-refractivity contribution is 0.315. The number of hydrogen-bond acceptors (Lipinski definition) is 6. The van der Waals surface area contributed by atoms with Gasteiger partial charge in [0, 0.05) is 13.1 Å². The van der Waals surface area contributed by atoms with Crippen LogP contribution in [0.4, 0.5) is 11.4 Å². The fraction of sp³-hybridized carbons (Fsp3) is 0.462. The molecule has 0 saturated carbocycles. The summed E-state index contributed by atoms with van der Waals surface area (Å²) in [5.41, 5.74) is 2.64. The van der Waals surface area contributed by atoms with Crippen molar-refractivity contribution in [3.05, 3.63) is 12.1 Å². The van der Waals surface area contributed by atoms with E-state index in [0.29, 0.717) is 16.7 Å². The fourth-order valence-corrected chi connectivity index (χ4v) is 2.55. The Balaban J connectivity index is 2.06. The zero-order valence-corrected chi connectivity index (χ0v) is 10.5. The van der Waals surface area contributed by atoms with Gasteiger partial charge in [0.15, 0.2) is 11.0 Å². The average Bonchev–Trinajstić information content (AvgIpc) is 2.76. The summed E-state index contributed by atoms with van der Waals surface area (Å²) in [7, 11) is 0. The summed E-state index contributed by atoms with van der Waals surface area (Å²) in [4.78, 5) is 16.3. The summed E-state index contributed by atoms with van der Waals surface area (Å²) in [6.45, 7) is 2.02. The van der Waals surface area contributed by atoms with E-state index >= 15 is 0 Å². The summed E-state index contributed by atoms with van der Waals surface area (Å²) in [5, 5.41) is 7.78. The van der Waals surface area contributed by atoms with Crippen LogP contribution in [0, 0.1) is 0 Å². The van der Waals surface area contributed by atoms with Crippen LogP contribution < -0.4 is 4.90 Å². The van der Waals surface area contributed by atoms with E-state index in [4.69, 9.17) is 4.63 Å². The number of rotatable bonds is 2. The minimum atomic E-state index is 0.449. The summed E-state index contributed by atoms with van der Waals surface area (Å²) in [6, 6.07) is 3.69. The first kappa shape index (κ1) is 11.9.